The van der Waals surface area contributed by atoms with E-state index in [4.69, 9.17) is 0 Å². The lowest BCUT2D eigenvalue weighted by Gasteiger charge is -2.54. The first-order valence-electron chi connectivity index (χ1n) is 23.9. The molecule has 0 heterocycles. The molecule has 11 aromatic carbocycles. The van der Waals surface area contributed by atoms with E-state index in [-0.39, 0.29) is 21.7 Å². The van der Waals surface area contributed by atoms with Crippen molar-refractivity contribution < 1.29 is 0 Å². The molecule has 0 amide bonds. The van der Waals surface area contributed by atoms with Gasteiger partial charge in [-0.2, -0.15) is 0 Å². The molecule has 0 aliphatic heterocycles. The Kier molecular flexibility index (Phi) is 7.93. The van der Waals surface area contributed by atoms with Gasteiger partial charge < -0.3 is 0 Å². The highest BCUT2D eigenvalue weighted by Gasteiger charge is 2.59. The fourth-order valence-corrected chi connectivity index (χ4v) is 14.1. The Morgan fingerprint density at radius 3 is 1.36 bits per heavy atom. The second kappa shape index (κ2) is 13.3. The van der Waals surface area contributed by atoms with Gasteiger partial charge in [0.1, 0.15) is 0 Å². The van der Waals surface area contributed by atoms with Crippen LogP contribution in [0.5, 0.6) is 0 Å². The largest absolute Gasteiger partial charge is 0.0619 e. The molecule has 0 aromatic heterocycles. The van der Waals surface area contributed by atoms with Crippen molar-refractivity contribution in [2.24, 2.45) is 10.8 Å². The van der Waals surface area contributed by atoms with Gasteiger partial charge in [-0.15, -0.1) is 0 Å². The second-order valence-electron chi connectivity index (χ2n) is 21.9. The summed E-state index contributed by atoms with van der Waals surface area (Å²) in [5.74, 6) is 0. The Balaban J connectivity index is 1.10. The van der Waals surface area contributed by atoms with Crippen LogP contribution in [0.15, 0.2) is 182 Å². The van der Waals surface area contributed by atoms with Crippen LogP contribution in [0.4, 0.5) is 0 Å². The molecular weight excluding hydrogens is 793 g/mol. The highest BCUT2D eigenvalue weighted by molar-refractivity contribution is 6.25. The molecule has 0 bridgehead atoms. The molecule has 0 saturated heterocycles. The van der Waals surface area contributed by atoms with E-state index in [1.54, 1.807) is 0 Å². The summed E-state index contributed by atoms with van der Waals surface area (Å²) in [6.45, 7) is 19.7. The predicted molar refractivity (Wildman–Crippen MR) is 285 cm³/mol. The van der Waals surface area contributed by atoms with E-state index >= 15 is 0 Å². The molecule has 0 N–H and O–H groups in total. The highest BCUT2D eigenvalue weighted by Crippen LogP contribution is 2.68. The van der Waals surface area contributed by atoms with Crippen molar-refractivity contribution in [2.45, 2.75) is 66.2 Å². The highest BCUT2D eigenvalue weighted by atomic mass is 14.6. The van der Waals surface area contributed by atoms with Gasteiger partial charge in [0.25, 0.3) is 0 Å². The van der Waals surface area contributed by atoms with Crippen LogP contribution >= 0.6 is 0 Å². The molecule has 0 fully saturated rings. The predicted octanol–water partition coefficient (Wildman–Crippen LogP) is 18.6. The van der Waals surface area contributed by atoms with Crippen LogP contribution in [0.1, 0.15) is 77.6 Å². The Hall–Kier alpha value is -7.02. The Labute approximate surface area is 388 Å². The fourth-order valence-electron chi connectivity index (χ4n) is 14.1. The zero-order valence-corrected chi connectivity index (χ0v) is 39.3. The van der Waals surface area contributed by atoms with Crippen molar-refractivity contribution in [3.63, 3.8) is 0 Å². The quantitative estimate of drug-likeness (QED) is 0.120. The molecule has 318 valence electrons. The first-order valence-corrected chi connectivity index (χ1v) is 23.9. The van der Waals surface area contributed by atoms with Crippen LogP contribution in [0.2, 0.25) is 0 Å². The third-order valence-corrected chi connectivity index (χ3v) is 16.3. The molecule has 0 nitrogen and oxygen atoms in total. The average Bonchev–Trinajstić information content (AvgIpc) is 3.78. The first-order chi connectivity index (χ1) is 31.8. The van der Waals surface area contributed by atoms with Crippen molar-refractivity contribution >= 4 is 64.6 Å². The van der Waals surface area contributed by atoms with Gasteiger partial charge in [-0.3, -0.25) is 0 Å². The molecule has 2 aliphatic carbocycles. The summed E-state index contributed by atoms with van der Waals surface area (Å²) in [5, 5.41) is 15.8. The van der Waals surface area contributed by atoms with Crippen LogP contribution in [-0.4, -0.2) is 0 Å². The minimum Gasteiger partial charge on any atom is -0.0619 e. The maximum atomic E-state index is 2.54. The van der Waals surface area contributed by atoms with Crippen LogP contribution in [-0.2, 0) is 10.8 Å². The molecule has 0 atom stereocenters. The van der Waals surface area contributed by atoms with Crippen LogP contribution < -0.4 is 0 Å². The smallest absolute Gasteiger partial charge is 0.0324 e. The van der Waals surface area contributed by atoms with Crippen LogP contribution in [0.3, 0.4) is 0 Å². The number of benzene rings is 11. The molecule has 2 aliphatic rings. The van der Waals surface area contributed by atoms with Gasteiger partial charge in [-0.25, -0.2) is 0 Å². The van der Waals surface area contributed by atoms with Gasteiger partial charge in [-0.1, -0.05) is 225 Å². The first kappa shape index (κ1) is 39.4. The lowest BCUT2D eigenvalue weighted by molar-refractivity contribution is 0.0977. The van der Waals surface area contributed by atoms with Crippen molar-refractivity contribution in [3.05, 3.63) is 204 Å². The van der Waals surface area contributed by atoms with Crippen molar-refractivity contribution in [1.29, 1.82) is 0 Å². The van der Waals surface area contributed by atoms with Crippen molar-refractivity contribution in [2.75, 3.05) is 0 Å². The number of hydrogen-bond acceptors (Lipinski definition) is 0. The van der Waals surface area contributed by atoms with Gasteiger partial charge >= 0.3 is 0 Å². The van der Waals surface area contributed by atoms with E-state index in [2.05, 4.69) is 237 Å². The van der Waals surface area contributed by atoms with Gasteiger partial charge in [-0.05, 0) is 154 Å². The maximum absolute atomic E-state index is 2.54. The normalized spacial score (nSPS) is 14.9. The molecule has 11 aromatic rings. The van der Waals surface area contributed by atoms with Crippen molar-refractivity contribution in [3.8, 4) is 44.5 Å². The summed E-state index contributed by atoms with van der Waals surface area (Å²) in [7, 11) is 0. The average molecular weight is 847 g/mol. The van der Waals surface area contributed by atoms with Crippen LogP contribution in [0, 0.1) is 10.8 Å². The third-order valence-electron chi connectivity index (χ3n) is 16.3. The number of fused-ring (bicyclic) bond motifs is 17. The molecule has 66 heavy (non-hydrogen) atoms. The number of rotatable bonds is 2. The molecule has 0 radical (unpaired) electrons. The van der Waals surface area contributed by atoms with Crippen molar-refractivity contribution in [1.82, 2.24) is 0 Å². The minimum absolute atomic E-state index is 0.120. The van der Waals surface area contributed by atoms with E-state index in [1.807, 2.05) is 0 Å². The van der Waals surface area contributed by atoms with Crippen LogP contribution in [0.25, 0.3) is 109 Å². The van der Waals surface area contributed by atoms with E-state index in [0.29, 0.717) is 0 Å². The summed E-state index contributed by atoms with van der Waals surface area (Å²) < 4.78 is 0. The van der Waals surface area contributed by atoms with E-state index in [9.17, 15) is 0 Å². The number of hydrogen-bond donors (Lipinski definition) is 0. The molecule has 0 heteroatoms. The van der Waals surface area contributed by atoms with Gasteiger partial charge in [0.15, 0.2) is 0 Å². The lowest BCUT2D eigenvalue weighted by Crippen LogP contribution is -2.50. The van der Waals surface area contributed by atoms with Gasteiger partial charge in [0.2, 0.25) is 0 Å². The lowest BCUT2D eigenvalue weighted by atomic mass is 9.49. The maximum Gasteiger partial charge on any atom is 0.0324 e. The summed E-state index contributed by atoms with van der Waals surface area (Å²) in [6, 6.07) is 69.7. The molecular formula is C66H54. The molecule has 0 saturated carbocycles. The SMILES string of the molecule is CC1(C)c2ccccc2-c2c1cc(-c1c3ccccc3c(-c3ccc4c5c(ccc4c3)-c3c(c4ccccc4c4ccccc34)C5(C(C)(C)C)C(C)(C)C)c3ccccc13)c1ccccc21. The monoisotopic (exact) mass is 846 g/mol. The topological polar surface area (TPSA) is 0 Å². The molecule has 0 unspecified atom stereocenters. The summed E-state index contributed by atoms with van der Waals surface area (Å²) >= 11 is 0. The standard InChI is InChI=1S/C66H54/c1-63(2,3)66(64(4,5)6)61-41-35-34-40(37-39(41)33-36-53(61)60-46-25-13-9-21-42(46)43-22-11-18-30-51(43)62(60)66)57-47-26-14-16-28-49(47)58(50-29-17-15-27-48(50)57)54-38-56-59(45-24-12-10-23-44(45)54)52-31-19-20-32-55(52)65(56,7)8/h9-38H,1-8H3. The van der Waals surface area contributed by atoms with Gasteiger partial charge in [0.05, 0.1) is 0 Å². The Morgan fingerprint density at radius 1 is 0.303 bits per heavy atom. The summed E-state index contributed by atoms with van der Waals surface area (Å²) in [5.41, 5.74) is 15.8. The third kappa shape index (κ3) is 4.90. The zero-order chi connectivity index (χ0) is 45.1. The Bertz CT molecular complexity index is 3840. The zero-order valence-electron chi connectivity index (χ0n) is 39.3. The Morgan fingerprint density at radius 2 is 0.773 bits per heavy atom. The minimum atomic E-state index is -0.301. The van der Waals surface area contributed by atoms with E-state index in [0.717, 1.165) is 0 Å². The van der Waals surface area contributed by atoms with E-state index in [1.165, 1.54) is 131 Å². The molecule has 0 spiro atoms. The summed E-state index contributed by atoms with van der Waals surface area (Å²) in [6.07, 6.45) is 0. The van der Waals surface area contributed by atoms with Gasteiger partial charge in [0, 0.05) is 10.8 Å². The second-order valence-corrected chi connectivity index (χ2v) is 21.9. The summed E-state index contributed by atoms with van der Waals surface area (Å²) in [4.78, 5) is 0. The van der Waals surface area contributed by atoms with E-state index < -0.39 is 0 Å². The molecule has 13 rings (SSSR count). The fraction of sp³-hybridized carbons (Fsp3) is 0.182.